The van der Waals surface area contributed by atoms with Crippen molar-refractivity contribution in [1.29, 1.82) is 0 Å². The van der Waals surface area contributed by atoms with E-state index in [1.165, 1.54) is 16.3 Å². The van der Waals surface area contributed by atoms with Crippen molar-refractivity contribution in [1.82, 2.24) is 19.2 Å². The molecule has 4 aromatic rings. The average molecular weight is 437 g/mol. The molecule has 0 aliphatic carbocycles. The van der Waals surface area contributed by atoms with Gasteiger partial charge in [-0.2, -0.15) is 0 Å². The van der Waals surface area contributed by atoms with Crippen LogP contribution in [0.4, 0.5) is 5.69 Å². The van der Waals surface area contributed by atoms with Gasteiger partial charge in [-0.15, -0.1) is 10.2 Å². The molecule has 158 valence electrons. The van der Waals surface area contributed by atoms with Gasteiger partial charge in [0.1, 0.15) is 11.5 Å². The highest BCUT2D eigenvalue weighted by atomic mass is 32.2. The summed E-state index contributed by atoms with van der Waals surface area (Å²) in [5.41, 5.74) is 1.09. The number of methoxy groups -OCH3 is 2. The van der Waals surface area contributed by atoms with Crippen molar-refractivity contribution in [2.75, 3.05) is 25.3 Å². The van der Waals surface area contributed by atoms with Crippen LogP contribution in [0.15, 0.2) is 70.9 Å². The van der Waals surface area contributed by atoms with E-state index in [1.54, 1.807) is 67.4 Å². The number of benzene rings is 2. The molecule has 0 saturated heterocycles. The number of aromatic nitrogens is 4. The smallest absolute Gasteiger partial charge is 0.300 e. The molecular formula is C21H19N5O4S. The number of carbonyl (C=O) groups excluding carboxylic acids is 1. The average Bonchev–Trinajstić information content (AvgIpc) is 3.22. The molecular weight excluding hydrogens is 418 g/mol. The van der Waals surface area contributed by atoms with Gasteiger partial charge in [0.2, 0.25) is 11.6 Å². The van der Waals surface area contributed by atoms with Crippen molar-refractivity contribution >= 4 is 29.0 Å². The van der Waals surface area contributed by atoms with Crippen LogP contribution in [0.2, 0.25) is 0 Å². The molecule has 0 unspecified atom stereocenters. The van der Waals surface area contributed by atoms with E-state index in [1.807, 2.05) is 12.1 Å². The van der Waals surface area contributed by atoms with Crippen molar-refractivity contribution in [3.63, 3.8) is 0 Å². The van der Waals surface area contributed by atoms with Gasteiger partial charge in [0, 0.05) is 18.1 Å². The molecule has 0 aliphatic heterocycles. The molecule has 0 bridgehead atoms. The number of hydrogen-bond donors (Lipinski definition) is 1. The van der Waals surface area contributed by atoms with Gasteiger partial charge in [-0.3, -0.25) is 18.6 Å². The molecule has 0 radical (unpaired) electrons. The number of ether oxygens (including phenoxy) is 2. The summed E-state index contributed by atoms with van der Waals surface area (Å²) in [5.74, 6) is 1.19. The Morgan fingerprint density at radius 1 is 1.03 bits per heavy atom. The number of carbonyl (C=O) groups is 1. The third-order valence-corrected chi connectivity index (χ3v) is 5.43. The third-order valence-electron chi connectivity index (χ3n) is 4.49. The van der Waals surface area contributed by atoms with Crippen LogP contribution >= 0.6 is 11.8 Å². The lowest BCUT2D eigenvalue weighted by Gasteiger charge is -2.10. The van der Waals surface area contributed by atoms with E-state index in [0.717, 1.165) is 0 Å². The van der Waals surface area contributed by atoms with E-state index in [2.05, 4.69) is 15.5 Å². The molecule has 31 heavy (non-hydrogen) atoms. The van der Waals surface area contributed by atoms with E-state index in [0.29, 0.717) is 28.0 Å². The molecule has 1 N–H and O–H groups in total. The fourth-order valence-electron chi connectivity index (χ4n) is 2.98. The van der Waals surface area contributed by atoms with Crippen LogP contribution in [0.5, 0.6) is 11.5 Å². The monoisotopic (exact) mass is 437 g/mol. The van der Waals surface area contributed by atoms with Gasteiger partial charge in [0.25, 0.3) is 0 Å². The minimum Gasteiger partial charge on any atom is -0.497 e. The van der Waals surface area contributed by atoms with E-state index in [9.17, 15) is 9.59 Å². The number of anilines is 1. The fraction of sp³-hybridized carbons (Fsp3) is 0.143. The summed E-state index contributed by atoms with van der Waals surface area (Å²) >= 11 is 1.19. The summed E-state index contributed by atoms with van der Waals surface area (Å²) in [4.78, 5) is 25.2. The Morgan fingerprint density at radius 3 is 2.55 bits per heavy atom. The first-order valence-corrected chi connectivity index (χ1v) is 10.3. The van der Waals surface area contributed by atoms with Crippen molar-refractivity contribution in [3.05, 3.63) is 71.3 Å². The van der Waals surface area contributed by atoms with Gasteiger partial charge in [-0.05, 0) is 36.4 Å². The summed E-state index contributed by atoms with van der Waals surface area (Å²) in [6.45, 7) is 0. The predicted octanol–water partition coefficient (Wildman–Crippen LogP) is 2.63. The highest BCUT2D eigenvalue weighted by molar-refractivity contribution is 7.99. The lowest BCUT2D eigenvalue weighted by Crippen LogP contribution is -2.20. The molecule has 2 aromatic carbocycles. The zero-order chi connectivity index (χ0) is 21.8. The molecule has 0 atom stereocenters. The summed E-state index contributed by atoms with van der Waals surface area (Å²) in [5, 5.41) is 11.3. The molecule has 0 saturated carbocycles. The van der Waals surface area contributed by atoms with Crippen LogP contribution in [-0.4, -0.2) is 45.0 Å². The molecule has 2 heterocycles. The normalized spacial score (nSPS) is 10.8. The van der Waals surface area contributed by atoms with Crippen LogP contribution < -0.4 is 20.3 Å². The highest BCUT2D eigenvalue weighted by Crippen LogP contribution is 2.22. The molecule has 2 aromatic heterocycles. The van der Waals surface area contributed by atoms with Crippen molar-refractivity contribution in [3.8, 4) is 17.2 Å². The SMILES string of the molecule is COc1ccc(NC(=O)CSc2nnc3c(=O)n(-c4ccccc4OC)ccn23)cc1. The van der Waals surface area contributed by atoms with Crippen LogP contribution in [0.25, 0.3) is 11.3 Å². The number of amides is 1. The summed E-state index contributed by atoms with van der Waals surface area (Å²) < 4.78 is 13.5. The Hall–Kier alpha value is -3.79. The lowest BCUT2D eigenvalue weighted by atomic mass is 10.3. The molecule has 10 heteroatoms. The van der Waals surface area contributed by atoms with Crippen LogP contribution in [0.3, 0.4) is 0 Å². The van der Waals surface area contributed by atoms with E-state index in [4.69, 9.17) is 9.47 Å². The second-order valence-electron chi connectivity index (χ2n) is 6.39. The summed E-state index contributed by atoms with van der Waals surface area (Å²) in [6, 6.07) is 14.3. The molecule has 9 nitrogen and oxygen atoms in total. The zero-order valence-corrected chi connectivity index (χ0v) is 17.6. The number of fused-ring (bicyclic) bond motifs is 1. The second kappa shape index (κ2) is 8.92. The number of nitrogens with zero attached hydrogens (tertiary/aromatic N) is 4. The van der Waals surface area contributed by atoms with Gasteiger partial charge in [-0.1, -0.05) is 23.9 Å². The number of para-hydroxylation sites is 2. The quantitative estimate of drug-likeness (QED) is 0.444. The molecule has 1 amide bonds. The Kier molecular flexibility index (Phi) is 5.89. The Morgan fingerprint density at radius 2 is 1.81 bits per heavy atom. The minimum atomic E-state index is -0.339. The van der Waals surface area contributed by atoms with Crippen LogP contribution in [0, 0.1) is 0 Å². The number of rotatable bonds is 7. The molecule has 0 spiro atoms. The maximum absolute atomic E-state index is 12.9. The first kappa shape index (κ1) is 20.5. The van der Waals surface area contributed by atoms with E-state index >= 15 is 0 Å². The minimum absolute atomic E-state index is 0.114. The highest BCUT2D eigenvalue weighted by Gasteiger charge is 2.15. The van der Waals surface area contributed by atoms with Gasteiger partial charge < -0.3 is 14.8 Å². The largest absolute Gasteiger partial charge is 0.497 e. The number of thioether (sulfide) groups is 1. The van der Waals surface area contributed by atoms with Gasteiger partial charge >= 0.3 is 5.56 Å². The van der Waals surface area contributed by atoms with Crippen molar-refractivity contribution < 1.29 is 14.3 Å². The number of hydrogen-bond acceptors (Lipinski definition) is 7. The van der Waals surface area contributed by atoms with Gasteiger partial charge in [0.15, 0.2) is 5.16 Å². The zero-order valence-electron chi connectivity index (χ0n) is 16.8. The van der Waals surface area contributed by atoms with E-state index < -0.39 is 0 Å². The molecule has 0 aliphatic rings. The Balaban J connectivity index is 1.51. The maximum atomic E-state index is 12.9. The summed E-state index contributed by atoms with van der Waals surface area (Å²) in [6.07, 6.45) is 3.31. The van der Waals surface area contributed by atoms with Gasteiger partial charge in [-0.25, -0.2) is 0 Å². The summed E-state index contributed by atoms with van der Waals surface area (Å²) in [7, 11) is 3.13. The van der Waals surface area contributed by atoms with Crippen LogP contribution in [-0.2, 0) is 4.79 Å². The maximum Gasteiger partial charge on any atom is 0.300 e. The predicted molar refractivity (Wildman–Crippen MR) is 117 cm³/mol. The van der Waals surface area contributed by atoms with Crippen LogP contribution in [0.1, 0.15) is 0 Å². The lowest BCUT2D eigenvalue weighted by molar-refractivity contribution is -0.113. The van der Waals surface area contributed by atoms with E-state index in [-0.39, 0.29) is 22.9 Å². The number of nitrogens with one attached hydrogen (secondary N) is 1. The standard InChI is InChI=1S/C21H19N5O4S/c1-29-15-9-7-14(8-10-15)22-18(27)13-31-21-24-23-19-20(28)25(11-12-26(19)21)16-5-3-4-6-17(16)30-2/h3-12H,13H2,1-2H3,(H,22,27). The van der Waals surface area contributed by atoms with Crippen molar-refractivity contribution in [2.24, 2.45) is 0 Å². The fourth-order valence-corrected chi connectivity index (χ4v) is 3.70. The molecule has 4 rings (SSSR count). The Labute approximate surface area is 181 Å². The second-order valence-corrected chi connectivity index (χ2v) is 7.33. The first-order chi connectivity index (χ1) is 15.1. The van der Waals surface area contributed by atoms with Crippen molar-refractivity contribution in [2.45, 2.75) is 5.16 Å². The molecule has 0 fully saturated rings. The first-order valence-electron chi connectivity index (χ1n) is 9.27. The topological polar surface area (TPSA) is 99.8 Å². The Bertz CT molecular complexity index is 1280. The van der Waals surface area contributed by atoms with Gasteiger partial charge in [0.05, 0.1) is 25.7 Å². The third kappa shape index (κ3) is 4.24.